The van der Waals surface area contributed by atoms with Crippen LogP contribution in [0.3, 0.4) is 0 Å². The van der Waals surface area contributed by atoms with E-state index in [1.807, 2.05) is 0 Å². The van der Waals surface area contributed by atoms with E-state index in [1.54, 1.807) is 6.08 Å². The molecule has 0 unspecified atom stereocenters. The molecule has 0 heterocycles. The van der Waals surface area contributed by atoms with E-state index in [-0.39, 0.29) is 0 Å². The van der Waals surface area contributed by atoms with E-state index >= 15 is 0 Å². The molecule has 82 valence electrons. The third kappa shape index (κ3) is 11.2. The van der Waals surface area contributed by atoms with Crippen LogP contribution in [0.5, 0.6) is 0 Å². The Morgan fingerprint density at radius 2 is 1.64 bits per heavy atom. The highest BCUT2D eigenvalue weighted by Gasteiger charge is 1.88. The van der Waals surface area contributed by atoms with Crippen molar-refractivity contribution < 1.29 is 9.90 Å². The number of carbonyl (C=O) groups is 1. The van der Waals surface area contributed by atoms with Gasteiger partial charge in [-0.1, -0.05) is 51.5 Å². The third-order valence-electron chi connectivity index (χ3n) is 2.23. The minimum Gasteiger partial charge on any atom is -0.545 e. The first-order valence-electron chi connectivity index (χ1n) is 5.65. The predicted octanol–water partition coefficient (Wildman–Crippen LogP) is 2.43. The smallest absolute Gasteiger partial charge is 0.0639 e. The van der Waals surface area contributed by atoms with Gasteiger partial charge in [-0.2, -0.15) is 0 Å². The van der Waals surface area contributed by atoms with Crippen LogP contribution in [0.1, 0.15) is 58.3 Å². The number of carboxylic acids is 1. The van der Waals surface area contributed by atoms with Crippen molar-refractivity contribution in [2.24, 2.45) is 0 Å². The summed E-state index contributed by atoms with van der Waals surface area (Å²) in [6.45, 7) is 2.21. The Morgan fingerprint density at radius 3 is 2.21 bits per heavy atom. The van der Waals surface area contributed by atoms with Gasteiger partial charge in [0.15, 0.2) is 0 Å². The SMILES string of the molecule is CCCCCCCCC/C=C/C(=O)[O-]. The van der Waals surface area contributed by atoms with Gasteiger partial charge in [-0.25, -0.2) is 0 Å². The molecule has 14 heavy (non-hydrogen) atoms. The summed E-state index contributed by atoms with van der Waals surface area (Å²) in [5.41, 5.74) is 0. The zero-order chi connectivity index (χ0) is 10.6. The summed E-state index contributed by atoms with van der Waals surface area (Å²) >= 11 is 0. The molecule has 2 heteroatoms. The molecule has 0 N–H and O–H groups in total. The van der Waals surface area contributed by atoms with Gasteiger partial charge in [0.25, 0.3) is 0 Å². The molecule has 0 rings (SSSR count). The highest BCUT2D eigenvalue weighted by atomic mass is 16.4. The van der Waals surface area contributed by atoms with Crippen LogP contribution < -0.4 is 5.11 Å². The van der Waals surface area contributed by atoms with Crippen molar-refractivity contribution in [3.8, 4) is 0 Å². The number of hydrogen-bond acceptors (Lipinski definition) is 2. The van der Waals surface area contributed by atoms with Crippen molar-refractivity contribution in [3.63, 3.8) is 0 Å². The normalized spacial score (nSPS) is 10.9. The molecule has 0 atom stereocenters. The average Bonchev–Trinajstić information content (AvgIpc) is 2.15. The van der Waals surface area contributed by atoms with E-state index < -0.39 is 5.97 Å². The van der Waals surface area contributed by atoms with E-state index in [4.69, 9.17) is 0 Å². The maximum absolute atomic E-state index is 10.0. The lowest BCUT2D eigenvalue weighted by atomic mass is 10.1. The van der Waals surface area contributed by atoms with E-state index in [1.165, 1.54) is 38.5 Å². The topological polar surface area (TPSA) is 40.1 Å². The molecule has 0 aromatic heterocycles. The molecule has 0 saturated heterocycles. The molecule has 2 nitrogen and oxygen atoms in total. The number of rotatable bonds is 9. The van der Waals surface area contributed by atoms with E-state index in [0.717, 1.165) is 18.9 Å². The number of allylic oxidation sites excluding steroid dienone is 1. The Kier molecular flexibility index (Phi) is 9.71. The van der Waals surface area contributed by atoms with Crippen molar-refractivity contribution in [2.75, 3.05) is 0 Å². The quantitative estimate of drug-likeness (QED) is 0.420. The lowest BCUT2D eigenvalue weighted by Crippen LogP contribution is -2.18. The second-order valence-corrected chi connectivity index (χ2v) is 3.63. The second kappa shape index (κ2) is 10.3. The van der Waals surface area contributed by atoms with Crippen LogP contribution in [-0.4, -0.2) is 5.97 Å². The molecule has 0 radical (unpaired) electrons. The first kappa shape index (κ1) is 13.2. The summed E-state index contributed by atoms with van der Waals surface area (Å²) in [4.78, 5) is 10.0. The predicted molar refractivity (Wildman–Crippen MR) is 56.8 cm³/mol. The molecule has 0 spiro atoms. The Bertz CT molecular complexity index is 162. The second-order valence-electron chi connectivity index (χ2n) is 3.63. The molecule has 0 bridgehead atoms. The van der Waals surface area contributed by atoms with Gasteiger partial charge in [-0.05, 0) is 18.9 Å². The van der Waals surface area contributed by atoms with E-state index in [9.17, 15) is 9.90 Å². The lowest BCUT2D eigenvalue weighted by molar-refractivity contribution is -0.297. The minimum atomic E-state index is -1.09. The van der Waals surface area contributed by atoms with Gasteiger partial charge in [0.1, 0.15) is 0 Å². The highest BCUT2D eigenvalue weighted by Crippen LogP contribution is 2.08. The summed E-state index contributed by atoms with van der Waals surface area (Å²) < 4.78 is 0. The first-order chi connectivity index (χ1) is 6.77. The van der Waals surface area contributed by atoms with Crippen LogP contribution in [0.15, 0.2) is 12.2 Å². The van der Waals surface area contributed by atoms with Crippen molar-refractivity contribution in [3.05, 3.63) is 12.2 Å². The Labute approximate surface area is 87.0 Å². The van der Waals surface area contributed by atoms with Gasteiger partial charge in [0.05, 0.1) is 5.97 Å². The molecule has 0 aliphatic heterocycles. The zero-order valence-electron chi connectivity index (χ0n) is 9.13. The molecule has 0 saturated carbocycles. The van der Waals surface area contributed by atoms with E-state index in [0.29, 0.717) is 0 Å². The fourth-order valence-corrected chi connectivity index (χ4v) is 1.40. The summed E-state index contributed by atoms with van der Waals surface area (Å²) in [5, 5.41) is 10.0. The van der Waals surface area contributed by atoms with Crippen LogP contribution in [-0.2, 0) is 4.79 Å². The standard InChI is InChI=1S/C12H22O2/c1-2-3-4-5-6-7-8-9-10-11-12(13)14/h10-11H,2-9H2,1H3,(H,13,14)/p-1/b11-10+. The van der Waals surface area contributed by atoms with Gasteiger partial charge in [-0.3, -0.25) is 0 Å². The number of hydrogen-bond donors (Lipinski definition) is 0. The Morgan fingerprint density at radius 1 is 1.07 bits per heavy atom. The minimum absolute atomic E-state index is 0.863. The van der Waals surface area contributed by atoms with Crippen LogP contribution in [0, 0.1) is 0 Å². The monoisotopic (exact) mass is 197 g/mol. The number of aliphatic carboxylic acids is 1. The van der Waals surface area contributed by atoms with Gasteiger partial charge in [0, 0.05) is 0 Å². The molecule has 0 aromatic carbocycles. The van der Waals surface area contributed by atoms with Crippen LogP contribution in [0.4, 0.5) is 0 Å². The third-order valence-corrected chi connectivity index (χ3v) is 2.23. The Hall–Kier alpha value is -0.790. The zero-order valence-corrected chi connectivity index (χ0v) is 9.13. The highest BCUT2D eigenvalue weighted by molar-refractivity contribution is 5.77. The maximum Gasteiger partial charge on any atom is 0.0639 e. The van der Waals surface area contributed by atoms with Gasteiger partial charge >= 0.3 is 0 Å². The number of carboxylic acid groups (broad SMARTS) is 1. The summed E-state index contributed by atoms with van der Waals surface area (Å²) in [6.07, 6.45) is 12.5. The molecule has 0 fully saturated rings. The van der Waals surface area contributed by atoms with Gasteiger partial charge in [-0.15, -0.1) is 0 Å². The fourth-order valence-electron chi connectivity index (χ4n) is 1.40. The molecule has 0 aromatic rings. The number of unbranched alkanes of at least 4 members (excludes halogenated alkanes) is 7. The first-order valence-corrected chi connectivity index (χ1v) is 5.65. The number of carbonyl (C=O) groups excluding carboxylic acids is 1. The van der Waals surface area contributed by atoms with Gasteiger partial charge in [0.2, 0.25) is 0 Å². The van der Waals surface area contributed by atoms with Gasteiger partial charge < -0.3 is 9.90 Å². The Balaban J connectivity index is 3.02. The largest absolute Gasteiger partial charge is 0.545 e. The maximum atomic E-state index is 10.0. The van der Waals surface area contributed by atoms with Crippen molar-refractivity contribution >= 4 is 5.97 Å². The molecular formula is C12H21O2-. The summed E-state index contributed by atoms with van der Waals surface area (Å²) in [7, 11) is 0. The van der Waals surface area contributed by atoms with Crippen LogP contribution >= 0.6 is 0 Å². The van der Waals surface area contributed by atoms with E-state index in [2.05, 4.69) is 6.92 Å². The molecule has 0 amide bonds. The summed E-state index contributed by atoms with van der Waals surface area (Å²) in [6, 6.07) is 0. The molecular weight excluding hydrogens is 176 g/mol. The van der Waals surface area contributed by atoms with Crippen molar-refractivity contribution in [1.82, 2.24) is 0 Å². The average molecular weight is 197 g/mol. The van der Waals surface area contributed by atoms with Crippen LogP contribution in [0.2, 0.25) is 0 Å². The fraction of sp³-hybridized carbons (Fsp3) is 0.750. The lowest BCUT2D eigenvalue weighted by Gasteiger charge is -1.98. The van der Waals surface area contributed by atoms with Crippen LogP contribution in [0.25, 0.3) is 0 Å². The van der Waals surface area contributed by atoms with Crippen molar-refractivity contribution in [2.45, 2.75) is 58.3 Å². The summed E-state index contributed by atoms with van der Waals surface area (Å²) in [5.74, 6) is -1.09. The molecule has 0 aliphatic rings. The molecule has 0 aliphatic carbocycles. The van der Waals surface area contributed by atoms with Crippen molar-refractivity contribution in [1.29, 1.82) is 0 Å².